The molecule has 0 bridgehead atoms. The third-order valence-electron chi connectivity index (χ3n) is 5.31. The van der Waals surface area contributed by atoms with Gasteiger partial charge >= 0.3 is 6.18 Å². The van der Waals surface area contributed by atoms with E-state index in [0.717, 1.165) is 51.5 Å². The Bertz CT molecular complexity index is 615. The number of rotatable bonds is 4. The molecule has 1 amide bonds. The molecule has 144 valence electrons. The van der Waals surface area contributed by atoms with Crippen LogP contribution in [0.4, 0.5) is 13.2 Å². The molecule has 26 heavy (non-hydrogen) atoms. The van der Waals surface area contributed by atoms with Crippen LogP contribution in [0.15, 0.2) is 24.3 Å². The van der Waals surface area contributed by atoms with Crippen molar-refractivity contribution in [3.63, 3.8) is 0 Å². The summed E-state index contributed by atoms with van der Waals surface area (Å²) in [5, 5.41) is 2.71. The first-order chi connectivity index (χ1) is 12.4. The van der Waals surface area contributed by atoms with Crippen molar-refractivity contribution in [3.8, 4) is 0 Å². The minimum atomic E-state index is -4.41. The van der Waals surface area contributed by atoms with Gasteiger partial charge in [-0.3, -0.25) is 9.69 Å². The molecule has 0 aliphatic carbocycles. The first kappa shape index (κ1) is 19.2. The molecule has 2 fully saturated rings. The molecule has 0 unspecified atom stereocenters. The number of carbonyl (C=O) groups is 1. The number of ether oxygens (including phenoxy) is 1. The van der Waals surface area contributed by atoms with Gasteiger partial charge in [-0.2, -0.15) is 13.2 Å². The molecule has 1 aromatic rings. The molecule has 3 rings (SSSR count). The molecule has 1 N–H and O–H groups in total. The number of nitrogens with zero attached hydrogens (tertiary/aromatic N) is 1. The smallest absolute Gasteiger partial charge is 0.381 e. The fraction of sp³-hybridized carbons (Fsp3) is 0.632. The van der Waals surface area contributed by atoms with Crippen LogP contribution in [-0.2, 0) is 22.3 Å². The Morgan fingerprint density at radius 2 is 1.92 bits per heavy atom. The number of likely N-dealkylation sites (tertiary alicyclic amines) is 1. The lowest BCUT2D eigenvalue weighted by atomic mass is 9.94. The van der Waals surface area contributed by atoms with Gasteiger partial charge < -0.3 is 10.1 Å². The number of benzene rings is 1. The zero-order valence-corrected chi connectivity index (χ0v) is 14.7. The Labute approximate surface area is 151 Å². The molecule has 0 aromatic heterocycles. The van der Waals surface area contributed by atoms with E-state index in [0.29, 0.717) is 12.6 Å². The summed E-state index contributed by atoms with van der Waals surface area (Å²) in [6, 6.07) is 5.84. The third-order valence-corrected chi connectivity index (χ3v) is 5.31. The standard InChI is InChI=1S/C19H25F3N2O2/c20-19(21,22)17-6-2-1-4-14(17)12-23-18(25)15-5-3-9-24(13-15)16-7-10-26-11-8-16/h1-2,4,6,15-16H,3,5,7-13H2,(H,23,25)/t15-/m0/s1. The number of amides is 1. The van der Waals surface area contributed by atoms with E-state index >= 15 is 0 Å². The average Bonchev–Trinajstić information content (AvgIpc) is 2.66. The lowest BCUT2D eigenvalue weighted by Gasteiger charge is -2.39. The first-order valence-electron chi connectivity index (χ1n) is 9.20. The Morgan fingerprint density at radius 3 is 2.65 bits per heavy atom. The topological polar surface area (TPSA) is 41.6 Å². The Morgan fingerprint density at radius 1 is 1.19 bits per heavy atom. The van der Waals surface area contributed by atoms with Crippen LogP contribution in [0.2, 0.25) is 0 Å². The predicted molar refractivity (Wildman–Crippen MR) is 91.4 cm³/mol. The number of alkyl halides is 3. The van der Waals surface area contributed by atoms with Crippen molar-refractivity contribution >= 4 is 5.91 Å². The van der Waals surface area contributed by atoms with Gasteiger partial charge in [0.2, 0.25) is 5.91 Å². The van der Waals surface area contributed by atoms with Crippen molar-refractivity contribution in [1.82, 2.24) is 10.2 Å². The summed E-state index contributed by atoms with van der Waals surface area (Å²) in [6.07, 6.45) is -0.729. The molecule has 7 heteroatoms. The van der Waals surface area contributed by atoms with Gasteiger partial charge in [0.1, 0.15) is 0 Å². The van der Waals surface area contributed by atoms with E-state index in [2.05, 4.69) is 10.2 Å². The Hall–Kier alpha value is -1.60. The molecule has 1 aromatic carbocycles. The summed E-state index contributed by atoms with van der Waals surface area (Å²) in [6.45, 7) is 3.07. The van der Waals surface area contributed by atoms with Crippen molar-refractivity contribution in [2.75, 3.05) is 26.3 Å². The highest BCUT2D eigenvalue weighted by Crippen LogP contribution is 2.32. The molecule has 2 heterocycles. The summed E-state index contributed by atoms with van der Waals surface area (Å²) < 4.78 is 44.6. The molecular formula is C19H25F3N2O2. The molecule has 4 nitrogen and oxygen atoms in total. The van der Waals surface area contributed by atoms with Gasteiger partial charge in [0.05, 0.1) is 11.5 Å². The average molecular weight is 370 g/mol. The predicted octanol–water partition coefficient (Wildman–Crippen LogP) is 3.21. The van der Waals surface area contributed by atoms with Crippen molar-refractivity contribution in [2.24, 2.45) is 5.92 Å². The number of carbonyl (C=O) groups excluding carboxylic acids is 1. The van der Waals surface area contributed by atoms with Crippen LogP contribution >= 0.6 is 0 Å². The molecule has 0 spiro atoms. The fourth-order valence-electron chi connectivity index (χ4n) is 3.88. The Kier molecular flexibility index (Phi) is 6.19. The second-order valence-electron chi connectivity index (χ2n) is 7.05. The second-order valence-corrected chi connectivity index (χ2v) is 7.05. The van der Waals surface area contributed by atoms with Crippen LogP contribution in [0.1, 0.15) is 36.8 Å². The van der Waals surface area contributed by atoms with Crippen LogP contribution in [0.3, 0.4) is 0 Å². The van der Waals surface area contributed by atoms with E-state index in [4.69, 9.17) is 4.74 Å². The van der Waals surface area contributed by atoms with Crippen LogP contribution < -0.4 is 5.32 Å². The number of nitrogens with one attached hydrogen (secondary N) is 1. The number of halogens is 3. The largest absolute Gasteiger partial charge is 0.416 e. The van der Waals surface area contributed by atoms with E-state index in [1.165, 1.54) is 12.1 Å². The summed E-state index contributed by atoms with van der Waals surface area (Å²) >= 11 is 0. The lowest BCUT2D eigenvalue weighted by Crippen LogP contribution is -2.48. The zero-order valence-electron chi connectivity index (χ0n) is 14.7. The van der Waals surface area contributed by atoms with Crippen molar-refractivity contribution in [2.45, 2.75) is 44.4 Å². The summed E-state index contributed by atoms with van der Waals surface area (Å²) in [4.78, 5) is 14.9. The van der Waals surface area contributed by atoms with Crippen molar-refractivity contribution in [3.05, 3.63) is 35.4 Å². The van der Waals surface area contributed by atoms with Crippen LogP contribution in [-0.4, -0.2) is 43.2 Å². The number of hydrogen-bond donors (Lipinski definition) is 1. The molecule has 0 radical (unpaired) electrons. The third kappa shape index (κ3) is 4.76. The van der Waals surface area contributed by atoms with Gasteiger partial charge in [0.25, 0.3) is 0 Å². The van der Waals surface area contributed by atoms with E-state index < -0.39 is 11.7 Å². The molecule has 1 atom stereocenters. The number of piperidine rings is 1. The molecule has 2 aliphatic heterocycles. The summed E-state index contributed by atoms with van der Waals surface area (Å²) in [5.41, 5.74) is -0.585. The van der Waals surface area contributed by atoms with Crippen LogP contribution in [0.5, 0.6) is 0 Å². The maximum atomic E-state index is 13.1. The van der Waals surface area contributed by atoms with E-state index in [1.807, 2.05) is 0 Å². The lowest BCUT2D eigenvalue weighted by molar-refractivity contribution is -0.138. The van der Waals surface area contributed by atoms with Gasteiger partial charge in [-0.25, -0.2) is 0 Å². The van der Waals surface area contributed by atoms with Crippen molar-refractivity contribution < 1.29 is 22.7 Å². The highest BCUT2D eigenvalue weighted by molar-refractivity contribution is 5.79. The van der Waals surface area contributed by atoms with Gasteiger partial charge in [-0.15, -0.1) is 0 Å². The van der Waals surface area contributed by atoms with Crippen molar-refractivity contribution in [1.29, 1.82) is 0 Å². The van der Waals surface area contributed by atoms with Gasteiger partial charge in [-0.05, 0) is 43.9 Å². The molecule has 0 saturated carbocycles. The van der Waals surface area contributed by atoms with Gasteiger partial charge in [0, 0.05) is 32.3 Å². The maximum absolute atomic E-state index is 13.1. The highest BCUT2D eigenvalue weighted by Gasteiger charge is 2.34. The summed E-state index contributed by atoms with van der Waals surface area (Å²) in [7, 11) is 0. The SMILES string of the molecule is O=C(NCc1ccccc1C(F)(F)F)[C@H]1CCCN(C2CCOCC2)C1. The highest BCUT2D eigenvalue weighted by atomic mass is 19.4. The Balaban J connectivity index is 1.57. The van der Waals surface area contributed by atoms with E-state index in [9.17, 15) is 18.0 Å². The van der Waals surface area contributed by atoms with Crippen LogP contribution in [0, 0.1) is 5.92 Å². The monoisotopic (exact) mass is 370 g/mol. The second kappa shape index (κ2) is 8.39. The summed E-state index contributed by atoms with van der Waals surface area (Å²) in [5.74, 6) is -0.316. The molecular weight excluding hydrogens is 345 g/mol. The minimum Gasteiger partial charge on any atom is -0.381 e. The normalized spacial score (nSPS) is 23.0. The number of hydrogen-bond acceptors (Lipinski definition) is 3. The van der Waals surface area contributed by atoms with Gasteiger partial charge in [0.15, 0.2) is 0 Å². The molecule has 2 saturated heterocycles. The fourth-order valence-corrected chi connectivity index (χ4v) is 3.88. The maximum Gasteiger partial charge on any atom is 0.416 e. The van der Waals surface area contributed by atoms with Crippen LogP contribution in [0.25, 0.3) is 0 Å². The quantitative estimate of drug-likeness (QED) is 0.885. The van der Waals surface area contributed by atoms with E-state index in [-0.39, 0.29) is 23.9 Å². The minimum absolute atomic E-state index is 0.0950. The first-order valence-corrected chi connectivity index (χ1v) is 9.20. The zero-order chi connectivity index (χ0) is 18.6. The molecule has 2 aliphatic rings. The van der Waals surface area contributed by atoms with E-state index in [1.54, 1.807) is 6.07 Å². The van der Waals surface area contributed by atoms with Gasteiger partial charge in [-0.1, -0.05) is 18.2 Å².